The van der Waals surface area contributed by atoms with Crippen LogP contribution < -0.4 is 4.74 Å². The number of ether oxygens (including phenoxy) is 1. The highest BCUT2D eigenvalue weighted by molar-refractivity contribution is 6.08. The molecule has 0 unspecified atom stereocenters. The van der Waals surface area contributed by atoms with Crippen LogP contribution in [0.4, 0.5) is 13.2 Å². The predicted molar refractivity (Wildman–Crippen MR) is 133 cm³/mol. The van der Waals surface area contributed by atoms with Crippen LogP contribution in [0, 0.1) is 23.4 Å². The molecule has 1 nitrogen and oxygen atoms in total. The molecule has 0 heterocycles. The summed E-state index contributed by atoms with van der Waals surface area (Å²) in [6.45, 7) is 3.56. The van der Waals surface area contributed by atoms with E-state index in [4.69, 9.17) is 12.6 Å². The molecule has 3 aromatic rings. The molecule has 0 aromatic heterocycles. The molecule has 174 valence electrons. The lowest BCUT2D eigenvalue weighted by molar-refractivity contribution is 0.308. The number of hydrogen-bond acceptors (Lipinski definition) is 1. The molecule has 5 heteroatoms. The van der Waals surface area contributed by atoms with Gasteiger partial charge in [0.2, 0.25) is 5.82 Å². The lowest BCUT2D eigenvalue weighted by Crippen LogP contribution is -2.14. The summed E-state index contributed by atoms with van der Waals surface area (Å²) in [4.78, 5) is 0. The fraction of sp³-hybridized carbons (Fsp3) is 0.310. The number of benzene rings is 3. The van der Waals surface area contributed by atoms with Crippen molar-refractivity contribution in [3.63, 3.8) is 0 Å². The third-order valence-corrected chi connectivity index (χ3v) is 6.88. The Bertz CT molecular complexity index is 1130. The van der Waals surface area contributed by atoms with Crippen molar-refractivity contribution in [3.05, 3.63) is 90.3 Å². The van der Waals surface area contributed by atoms with E-state index >= 15 is 4.39 Å². The normalized spacial score (nSPS) is 18.0. The Morgan fingerprint density at radius 3 is 2.18 bits per heavy atom. The molecule has 0 N–H and O–H groups in total. The van der Waals surface area contributed by atoms with Gasteiger partial charge in [0.1, 0.15) is 13.7 Å². The first-order valence-corrected chi connectivity index (χ1v) is 11.8. The number of rotatable bonds is 8. The van der Waals surface area contributed by atoms with Crippen LogP contribution in [0.5, 0.6) is 5.75 Å². The van der Waals surface area contributed by atoms with E-state index in [1.54, 1.807) is 30.3 Å². The Hall–Kier alpha value is -2.95. The van der Waals surface area contributed by atoms with Gasteiger partial charge < -0.3 is 4.74 Å². The van der Waals surface area contributed by atoms with E-state index in [0.29, 0.717) is 5.56 Å². The predicted octanol–water partition coefficient (Wildman–Crippen LogP) is 8.18. The second-order valence-electron chi connectivity index (χ2n) is 8.95. The Balaban J connectivity index is 1.48. The third kappa shape index (κ3) is 5.24. The van der Waals surface area contributed by atoms with Gasteiger partial charge >= 0.3 is 0 Å². The van der Waals surface area contributed by atoms with Crippen LogP contribution in [0.2, 0.25) is 0 Å². The maximum Gasteiger partial charge on any atom is 0.201 e. The van der Waals surface area contributed by atoms with E-state index < -0.39 is 11.6 Å². The Kier molecular flexibility index (Phi) is 7.82. The lowest BCUT2D eigenvalue weighted by Gasteiger charge is -2.29. The van der Waals surface area contributed by atoms with Crippen LogP contribution in [0.3, 0.4) is 0 Å². The first-order chi connectivity index (χ1) is 16.5. The molecular formula is C29H28BF3O. The van der Waals surface area contributed by atoms with Crippen LogP contribution in [-0.4, -0.2) is 14.4 Å². The van der Waals surface area contributed by atoms with Crippen molar-refractivity contribution in [2.45, 2.75) is 44.4 Å². The summed E-state index contributed by atoms with van der Waals surface area (Å²) in [7, 11) is 5.24. The average Bonchev–Trinajstić information content (AvgIpc) is 2.86. The van der Waals surface area contributed by atoms with E-state index in [9.17, 15) is 8.78 Å². The minimum Gasteiger partial charge on any atom is -0.500 e. The molecular weight excluding hydrogens is 432 g/mol. The summed E-state index contributed by atoms with van der Waals surface area (Å²) in [6, 6.07) is 15.2. The zero-order chi connectivity index (χ0) is 24.1. The van der Waals surface area contributed by atoms with Crippen LogP contribution in [0.15, 0.2) is 67.3 Å². The second kappa shape index (κ2) is 11.0. The van der Waals surface area contributed by atoms with Gasteiger partial charge in [-0.3, -0.25) is 0 Å². The summed E-state index contributed by atoms with van der Waals surface area (Å²) in [5.74, 6) is -1.48. The largest absolute Gasteiger partial charge is 0.500 e. The van der Waals surface area contributed by atoms with Gasteiger partial charge in [0, 0.05) is 12.1 Å². The molecule has 1 fully saturated rings. The summed E-state index contributed by atoms with van der Waals surface area (Å²) in [5, 5.41) is 0. The minimum absolute atomic E-state index is 0.124. The molecule has 0 bridgehead atoms. The van der Waals surface area contributed by atoms with Crippen molar-refractivity contribution in [2.24, 2.45) is 5.92 Å². The summed E-state index contributed by atoms with van der Waals surface area (Å²) < 4.78 is 48.6. The molecule has 1 saturated carbocycles. The highest BCUT2D eigenvalue weighted by Crippen LogP contribution is 2.39. The van der Waals surface area contributed by atoms with Crippen molar-refractivity contribution in [3.8, 4) is 28.0 Å². The van der Waals surface area contributed by atoms with E-state index in [1.165, 1.54) is 18.6 Å². The van der Waals surface area contributed by atoms with E-state index in [2.05, 4.69) is 6.58 Å². The molecule has 1 aliphatic rings. The first-order valence-electron chi connectivity index (χ1n) is 11.8. The molecule has 0 atom stereocenters. The summed E-state index contributed by atoms with van der Waals surface area (Å²) in [5.41, 5.74) is 3.00. The lowest BCUT2D eigenvalue weighted by atomic mass is 9.77. The van der Waals surface area contributed by atoms with Gasteiger partial charge in [-0.25, -0.2) is 8.78 Å². The molecule has 0 spiro atoms. The fourth-order valence-electron chi connectivity index (χ4n) is 4.95. The summed E-state index contributed by atoms with van der Waals surface area (Å²) >= 11 is 0. The zero-order valence-electron chi connectivity index (χ0n) is 19.2. The van der Waals surface area contributed by atoms with Crippen molar-refractivity contribution >= 4 is 7.85 Å². The molecule has 0 aliphatic heterocycles. The summed E-state index contributed by atoms with van der Waals surface area (Å²) in [6.07, 6.45) is 8.51. The smallest absolute Gasteiger partial charge is 0.201 e. The minimum atomic E-state index is -1.07. The molecule has 0 saturated heterocycles. The van der Waals surface area contributed by atoms with E-state index in [-0.39, 0.29) is 29.6 Å². The van der Waals surface area contributed by atoms with E-state index in [1.807, 2.05) is 18.2 Å². The van der Waals surface area contributed by atoms with Crippen molar-refractivity contribution in [2.75, 3.05) is 6.51 Å². The SMILES string of the molecule is [B]COc1ccc(-c2ccc(-c3ccc(C4CCC(CCC=C)CC4)c(F)c3)cc2)c(F)c1F. The van der Waals surface area contributed by atoms with Gasteiger partial charge in [-0.05, 0) is 90.8 Å². The van der Waals surface area contributed by atoms with Gasteiger partial charge in [-0.15, -0.1) is 6.58 Å². The highest BCUT2D eigenvalue weighted by atomic mass is 19.2. The van der Waals surface area contributed by atoms with Gasteiger partial charge in [0.15, 0.2) is 11.6 Å². The number of halogens is 3. The monoisotopic (exact) mass is 460 g/mol. The second-order valence-corrected chi connectivity index (χ2v) is 8.95. The Labute approximate surface area is 201 Å². The standard InChI is InChI=1S/C29H28BF3O/c1-2-3-4-19-5-7-21(8-6-19)24-14-13-23(17-26(24)31)20-9-11-22(12-10-20)25-15-16-27(34-18-30)29(33)28(25)32/h2,9-17,19,21H,1,3-8,18H2. The zero-order valence-corrected chi connectivity index (χ0v) is 19.2. The van der Waals surface area contributed by atoms with Crippen molar-refractivity contribution in [1.82, 2.24) is 0 Å². The molecule has 34 heavy (non-hydrogen) atoms. The fourth-order valence-corrected chi connectivity index (χ4v) is 4.95. The van der Waals surface area contributed by atoms with Gasteiger partial charge in [-0.1, -0.05) is 42.5 Å². The molecule has 0 amide bonds. The molecule has 2 radical (unpaired) electrons. The maximum atomic E-state index is 15.0. The van der Waals surface area contributed by atoms with Gasteiger partial charge in [-0.2, -0.15) is 4.39 Å². The van der Waals surface area contributed by atoms with Crippen LogP contribution >= 0.6 is 0 Å². The Morgan fingerprint density at radius 1 is 0.853 bits per heavy atom. The quantitative estimate of drug-likeness (QED) is 0.243. The van der Waals surface area contributed by atoms with Gasteiger partial charge in [0.05, 0.1) is 0 Å². The number of hydrogen-bond donors (Lipinski definition) is 0. The topological polar surface area (TPSA) is 9.23 Å². The highest BCUT2D eigenvalue weighted by Gasteiger charge is 2.24. The van der Waals surface area contributed by atoms with Gasteiger partial charge in [0.25, 0.3) is 0 Å². The van der Waals surface area contributed by atoms with Crippen molar-refractivity contribution in [1.29, 1.82) is 0 Å². The third-order valence-electron chi connectivity index (χ3n) is 6.88. The van der Waals surface area contributed by atoms with E-state index in [0.717, 1.165) is 54.7 Å². The molecule has 1 aliphatic carbocycles. The molecule has 3 aromatic carbocycles. The van der Waals surface area contributed by atoms with Crippen LogP contribution in [-0.2, 0) is 0 Å². The average molecular weight is 460 g/mol. The van der Waals surface area contributed by atoms with Crippen molar-refractivity contribution < 1.29 is 17.9 Å². The number of allylic oxidation sites excluding steroid dienone is 1. The first kappa shape index (κ1) is 24.2. The van der Waals surface area contributed by atoms with Crippen LogP contribution in [0.25, 0.3) is 22.3 Å². The van der Waals surface area contributed by atoms with Crippen LogP contribution in [0.1, 0.15) is 50.0 Å². The Morgan fingerprint density at radius 2 is 1.53 bits per heavy atom. The molecule has 4 rings (SSSR count). The maximum absolute atomic E-state index is 15.0.